The summed E-state index contributed by atoms with van der Waals surface area (Å²) in [5.41, 5.74) is 0.828. The minimum atomic E-state index is -0.751. The van der Waals surface area contributed by atoms with Gasteiger partial charge in [0.1, 0.15) is 11.5 Å². The summed E-state index contributed by atoms with van der Waals surface area (Å²) in [7, 11) is 0. The fourth-order valence-corrected chi connectivity index (χ4v) is 2.83. The first-order chi connectivity index (χ1) is 13.7. The SMILES string of the molecule is CCN(c1ccccc1Oc1ccccc1)C(C)OC(=O)Oc1ccccc1. The number of rotatable bonds is 7. The number of hydrogen-bond acceptors (Lipinski definition) is 5. The molecule has 0 aliphatic rings. The third-order valence-corrected chi connectivity index (χ3v) is 4.14. The lowest BCUT2D eigenvalue weighted by Crippen LogP contribution is -2.37. The monoisotopic (exact) mass is 377 g/mol. The normalized spacial score (nSPS) is 11.4. The molecule has 3 rings (SSSR count). The molecule has 0 spiro atoms. The van der Waals surface area contributed by atoms with Gasteiger partial charge in [0.05, 0.1) is 5.69 Å². The first-order valence-corrected chi connectivity index (χ1v) is 9.19. The molecular weight excluding hydrogens is 354 g/mol. The molecular formula is C23H23NO4. The Balaban J connectivity index is 1.72. The van der Waals surface area contributed by atoms with Crippen molar-refractivity contribution in [3.63, 3.8) is 0 Å². The number of ether oxygens (including phenoxy) is 3. The van der Waals surface area contributed by atoms with E-state index in [1.54, 1.807) is 31.2 Å². The molecule has 0 aliphatic heterocycles. The molecule has 0 saturated carbocycles. The molecule has 0 amide bonds. The molecule has 0 aliphatic carbocycles. The molecule has 0 N–H and O–H groups in total. The Morgan fingerprint density at radius 3 is 2.07 bits per heavy atom. The molecule has 3 aromatic carbocycles. The lowest BCUT2D eigenvalue weighted by atomic mass is 10.2. The Hall–Kier alpha value is -3.47. The van der Waals surface area contributed by atoms with Crippen molar-refractivity contribution in [1.82, 2.24) is 0 Å². The topological polar surface area (TPSA) is 48.0 Å². The van der Waals surface area contributed by atoms with E-state index < -0.39 is 12.4 Å². The van der Waals surface area contributed by atoms with Crippen LogP contribution in [0.25, 0.3) is 0 Å². The quantitative estimate of drug-likeness (QED) is 0.293. The van der Waals surface area contributed by atoms with E-state index >= 15 is 0 Å². The van der Waals surface area contributed by atoms with Gasteiger partial charge in [0.2, 0.25) is 0 Å². The van der Waals surface area contributed by atoms with Crippen LogP contribution in [0.4, 0.5) is 10.5 Å². The van der Waals surface area contributed by atoms with Crippen LogP contribution in [0, 0.1) is 0 Å². The summed E-state index contributed by atoms with van der Waals surface area (Å²) in [6.45, 7) is 4.41. The Morgan fingerprint density at radius 1 is 0.857 bits per heavy atom. The summed E-state index contributed by atoms with van der Waals surface area (Å²) in [5.74, 6) is 1.86. The van der Waals surface area contributed by atoms with E-state index in [4.69, 9.17) is 14.2 Å². The van der Waals surface area contributed by atoms with Gasteiger partial charge in [-0.25, -0.2) is 4.79 Å². The first-order valence-electron chi connectivity index (χ1n) is 9.19. The molecule has 5 heteroatoms. The second-order valence-corrected chi connectivity index (χ2v) is 6.05. The number of anilines is 1. The van der Waals surface area contributed by atoms with Crippen molar-refractivity contribution in [2.24, 2.45) is 0 Å². The van der Waals surface area contributed by atoms with Gasteiger partial charge >= 0.3 is 6.16 Å². The Kier molecular flexibility index (Phi) is 6.52. The molecule has 1 unspecified atom stereocenters. The Morgan fingerprint density at radius 2 is 1.43 bits per heavy atom. The van der Waals surface area contributed by atoms with E-state index in [2.05, 4.69) is 0 Å². The number of carbonyl (C=O) groups excluding carboxylic acids is 1. The molecule has 144 valence electrons. The van der Waals surface area contributed by atoms with Gasteiger partial charge in [0.25, 0.3) is 0 Å². The number of nitrogens with zero attached hydrogens (tertiary/aromatic N) is 1. The van der Waals surface area contributed by atoms with Crippen LogP contribution >= 0.6 is 0 Å². The lowest BCUT2D eigenvalue weighted by molar-refractivity contribution is 0.0644. The van der Waals surface area contributed by atoms with E-state index in [9.17, 15) is 4.79 Å². The largest absolute Gasteiger partial charge is 0.515 e. The lowest BCUT2D eigenvalue weighted by Gasteiger charge is -2.30. The summed E-state index contributed by atoms with van der Waals surface area (Å²) in [6, 6.07) is 26.0. The van der Waals surface area contributed by atoms with Gasteiger partial charge in [-0.3, -0.25) is 0 Å². The summed E-state index contributed by atoms with van der Waals surface area (Å²) in [4.78, 5) is 14.1. The van der Waals surface area contributed by atoms with Crippen LogP contribution in [0.15, 0.2) is 84.9 Å². The smallest absolute Gasteiger partial charge is 0.455 e. The minimum absolute atomic E-state index is 0.440. The van der Waals surface area contributed by atoms with E-state index in [-0.39, 0.29) is 0 Å². The zero-order valence-corrected chi connectivity index (χ0v) is 15.9. The average Bonchev–Trinajstić information content (AvgIpc) is 2.71. The van der Waals surface area contributed by atoms with Crippen LogP contribution < -0.4 is 14.4 Å². The first kappa shape index (κ1) is 19.3. The van der Waals surface area contributed by atoms with E-state index in [0.29, 0.717) is 18.0 Å². The number of hydrogen-bond donors (Lipinski definition) is 0. The van der Waals surface area contributed by atoms with Gasteiger partial charge in [-0.1, -0.05) is 48.5 Å². The third kappa shape index (κ3) is 5.04. The minimum Gasteiger partial charge on any atom is -0.455 e. The van der Waals surface area contributed by atoms with Crippen LogP contribution in [0.1, 0.15) is 13.8 Å². The average molecular weight is 377 g/mol. The van der Waals surface area contributed by atoms with Gasteiger partial charge in [-0.15, -0.1) is 0 Å². The van der Waals surface area contributed by atoms with Crippen molar-refractivity contribution in [2.45, 2.75) is 20.1 Å². The highest BCUT2D eigenvalue weighted by Crippen LogP contribution is 2.33. The van der Waals surface area contributed by atoms with Gasteiger partial charge in [-0.05, 0) is 50.2 Å². The highest BCUT2D eigenvalue weighted by atomic mass is 16.7. The number of carbonyl (C=O) groups is 1. The van der Waals surface area contributed by atoms with Crippen LogP contribution in [-0.4, -0.2) is 18.9 Å². The van der Waals surface area contributed by atoms with Crippen LogP contribution in [0.5, 0.6) is 17.2 Å². The van der Waals surface area contributed by atoms with Crippen molar-refractivity contribution in [2.75, 3.05) is 11.4 Å². The molecule has 0 saturated heterocycles. The predicted molar refractivity (Wildman–Crippen MR) is 109 cm³/mol. The second kappa shape index (κ2) is 9.46. The Labute approximate surface area is 165 Å². The molecule has 3 aromatic rings. The molecule has 0 bridgehead atoms. The zero-order valence-electron chi connectivity index (χ0n) is 15.9. The van der Waals surface area contributed by atoms with Gasteiger partial charge < -0.3 is 19.1 Å². The predicted octanol–water partition coefficient (Wildman–Crippen LogP) is 5.87. The van der Waals surface area contributed by atoms with Crippen LogP contribution in [0.3, 0.4) is 0 Å². The molecule has 28 heavy (non-hydrogen) atoms. The summed E-state index contributed by atoms with van der Waals surface area (Å²) in [5, 5.41) is 0. The summed E-state index contributed by atoms with van der Waals surface area (Å²) < 4.78 is 16.7. The maximum atomic E-state index is 12.1. The van der Waals surface area contributed by atoms with Crippen LogP contribution in [0.2, 0.25) is 0 Å². The maximum Gasteiger partial charge on any atom is 0.515 e. The highest BCUT2D eigenvalue weighted by Gasteiger charge is 2.21. The van der Waals surface area contributed by atoms with Gasteiger partial charge in [0, 0.05) is 6.54 Å². The summed E-state index contributed by atoms with van der Waals surface area (Å²) in [6.07, 6.45) is -1.29. The van der Waals surface area contributed by atoms with E-state index in [0.717, 1.165) is 11.4 Å². The molecule has 1 atom stereocenters. The molecule has 0 heterocycles. The van der Waals surface area contributed by atoms with E-state index in [1.807, 2.05) is 72.5 Å². The molecule has 0 radical (unpaired) electrons. The van der Waals surface area contributed by atoms with Crippen molar-refractivity contribution < 1.29 is 19.0 Å². The third-order valence-electron chi connectivity index (χ3n) is 4.14. The second-order valence-electron chi connectivity index (χ2n) is 6.05. The number of para-hydroxylation sites is 4. The number of benzene rings is 3. The maximum absolute atomic E-state index is 12.1. The standard InChI is InChI=1S/C23H23NO4/c1-3-24(18(2)26-23(25)28-20-14-8-5-9-15-20)21-16-10-11-17-22(21)27-19-12-6-4-7-13-19/h4-18H,3H2,1-2H3. The van der Waals surface area contributed by atoms with Crippen LogP contribution in [-0.2, 0) is 4.74 Å². The highest BCUT2D eigenvalue weighted by molar-refractivity contribution is 5.65. The van der Waals surface area contributed by atoms with Gasteiger partial charge in [-0.2, -0.15) is 0 Å². The zero-order chi connectivity index (χ0) is 19.8. The summed E-state index contributed by atoms with van der Waals surface area (Å²) >= 11 is 0. The fraction of sp³-hybridized carbons (Fsp3) is 0.174. The van der Waals surface area contributed by atoms with Crippen molar-refractivity contribution in [1.29, 1.82) is 0 Å². The molecule has 0 fully saturated rings. The fourth-order valence-electron chi connectivity index (χ4n) is 2.83. The van der Waals surface area contributed by atoms with Crippen molar-refractivity contribution in [3.05, 3.63) is 84.9 Å². The van der Waals surface area contributed by atoms with E-state index in [1.165, 1.54) is 0 Å². The van der Waals surface area contributed by atoms with Crippen molar-refractivity contribution in [3.8, 4) is 17.2 Å². The van der Waals surface area contributed by atoms with Crippen molar-refractivity contribution >= 4 is 11.8 Å². The Bertz CT molecular complexity index is 883. The molecule has 0 aromatic heterocycles. The van der Waals surface area contributed by atoms with Gasteiger partial charge in [0.15, 0.2) is 12.0 Å². The molecule has 5 nitrogen and oxygen atoms in total.